The van der Waals surface area contributed by atoms with E-state index in [-0.39, 0.29) is 11.8 Å². The molecule has 0 radical (unpaired) electrons. The lowest BCUT2D eigenvalue weighted by atomic mass is 9.93. The van der Waals surface area contributed by atoms with E-state index in [1.54, 1.807) is 6.07 Å². The van der Waals surface area contributed by atoms with Crippen molar-refractivity contribution in [2.24, 2.45) is 0 Å². The van der Waals surface area contributed by atoms with Gasteiger partial charge in [0.25, 0.3) is 0 Å². The second kappa shape index (κ2) is 8.61. The van der Waals surface area contributed by atoms with Gasteiger partial charge in [-0.3, -0.25) is 4.79 Å². The number of aromatic amines is 1. The molecule has 1 aliphatic rings. The Balaban J connectivity index is 1.36. The number of benzene rings is 1. The number of pyridine rings is 1. The zero-order valence-corrected chi connectivity index (χ0v) is 17.2. The van der Waals surface area contributed by atoms with Crippen LogP contribution in [0.4, 0.5) is 13.2 Å². The van der Waals surface area contributed by atoms with Crippen LogP contribution < -0.4 is 4.74 Å². The maximum absolute atomic E-state index is 12.9. The van der Waals surface area contributed by atoms with Crippen LogP contribution in [-0.4, -0.2) is 40.5 Å². The van der Waals surface area contributed by atoms with Crippen molar-refractivity contribution in [3.05, 3.63) is 59.4 Å². The SMILES string of the molecule is CCOc1ccc(CC(=O)N2CCC(c3cc4nc(C(F)(F)F)ccc4[nH]3)CC2)cc1. The van der Waals surface area contributed by atoms with Crippen LogP contribution in [0.25, 0.3) is 11.0 Å². The molecule has 0 unspecified atom stereocenters. The number of nitrogens with one attached hydrogen (secondary N) is 1. The summed E-state index contributed by atoms with van der Waals surface area (Å²) in [5, 5.41) is 0. The first kappa shape index (κ1) is 21.2. The molecule has 1 fully saturated rings. The van der Waals surface area contributed by atoms with Gasteiger partial charge in [0.1, 0.15) is 11.4 Å². The number of alkyl halides is 3. The van der Waals surface area contributed by atoms with Gasteiger partial charge in [0.2, 0.25) is 5.91 Å². The molecule has 0 atom stereocenters. The lowest BCUT2D eigenvalue weighted by Gasteiger charge is -2.31. The number of H-pyrrole nitrogens is 1. The number of carbonyl (C=O) groups is 1. The zero-order chi connectivity index (χ0) is 22.0. The number of nitrogens with zero attached hydrogens (tertiary/aromatic N) is 2. The molecule has 0 saturated carbocycles. The molecule has 1 amide bonds. The van der Waals surface area contributed by atoms with E-state index in [1.165, 1.54) is 6.07 Å². The van der Waals surface area contributed by atoms with Gasteiger partial charge in [-0.05, 0) is 55.7 Å². The average molecular weight is 431 g/mol. The number of aromatic nitrogens is 2. The Morgan fingerprint density at radius 2 is 1.87 bits per heavy atom. The molecule has 31 heavy (non-hydrogen) atoms. The number of likely N-dealkylation sites (tertiary alicyclic amines) is 1. The Bertz CT molecular complexity index is 1050. The standard InChI is InChI=1S/C23H24F3N3O2/c1-2-31-17-5-3-15(4-6-17)13-22(30)29-11-9-16(10-12-29)19-14-20-18(27-19)7-8-21(28-20)23(24,25)26/h3-8,14,16,27H,2,9-13H2,1H3. The van der Waals surface area contributed by atoms with Crippen molar-refractivity contribution in [2.45, 2.75) is 38.3 Å². The number of ether oxygens (including phenoxy) is 1. The summed E-state index contributed by atoms with van der Waals surface area (Å²) in [5.41, 5.74) is 1.84. The minimum absolute atomic E-state index is 0.0794. The fraction of sp³-hybridized carbons (Fsp3) is 0.391. The molecule has 2 aromatic heterocycles. The Morgan fingerprint density at radius 3 is 2.52 bits per heavy atom. The normalized spacial score (nSPS) is 15.4. The average Bonchev–Trinajstić information content (AvgIpc) is 3.18. The zero-order valence-electron chi connectivity index (χ0n) is 17.2. The van der Waals surface area contributed by atoms with Gasteiger partial charge in [-0.15, -0.1) is 0 Å². The summed E-state index contributed by atoms with van der Waals surface area (Å²) in [6.07, 6.45) is -2.60. The minimum atomic E-state index is -4.46. The largest absolute Gasteiger partial charge is 0.494 e. The Morgan fingerprint density at radius 1 is 1.16 bits per heavy atom. The third-order valence-electron chi connectivity index (χ3n) is 5.66. The summed E-state index contributed by atoms with van der Waals surface area (Å²) in [7, 11) is 0. The van der Waals surface area contributed by atoms with Crippen LogP contribution in [0.1, 0.15) is 42.6 Å². The van der Waals surface area contributed by atoms with Crippen LogP contribution in [0.5, 0.6) is 5.75 Å². The summed E-state index contributed by atoms with van der Waals surface area (Å²) in [6.45, 7) is 3.77. The number of fused-ring (bicyclic) bond motifs is 1. The van der Waals surface area contributed by atoms with Gasteiger partial charge in [0.05, 0.1) is 24.1 Å². The second-order valence-electron chi connectivity index (χ2n) is 7.76. The number of piperidine rings is 1. The van der Waals surface area contributed by atoms with E-state index in [9.17, 15) is 18.0 Å². The number of carbonyl (C=O) groups excluding carboxylic acids is 1. The molecule has 1 aromatic carbocycles. The summed E-state index contributed by atoms with van der Waals surface area (Å²) < 4.78 is 44.1. The monoisotopic (exact) mass is 431 g/mol. The fourth-order valence-electron chi connectivity index (χ4n) is 4.00. The van der Waals surface area contributed by atoms with Gasteiger partial charge in [0.15, 0.2) is 0 Å². The van der Waals surface area contributed by atoms with Crippen molar-refractivity contribution < 1.29 is 22.7 Å². The van der Waals surface area contributed by atoms with Crippen LogP contribution in [0.15, 0.2) is 42.5 Å². The van der Waals surface area contributed by atoms with E-state index < -0.39 is 11.9 Å². The molecule has 0 spiro atoms. The summed E-state index contributed by atoms with van der Waals surface area (Å²) >= 11 is 0. The molecular formula is C23H24F3N3O2. The number of hydrogen-bond donors (Lipinski definition) is 1. The lowest BCUT2D eigenvalue weighted by molar-refractivity contribution is -0.141. The van der Waals surface area contributed by atoms with Crippen molar-refractivity contribution in [1.29, 1.82) is 0 Å². The molecule has 8 heteroatoms. The predicted octanol–water partition coefficient (Wildman–Crippen LogP) is 4.93. The smallest absolute Gasteiger partial charge is 0.433 e. The maximum atomic E-state index is 12.9. The van der Waals surface area contributed by atoms with E-state index in [0.29, 0.717) is 37.2 Å². The predicted molar refractivity (Wildman–Crippen MR) is 111 cm³/mol. The van der Waals surface area contributed by atoms with Crippen LogP contribution in [0.3, 0.4) is 0 Å². The molecule has 0 bridgehead atoms. The molecule has 5 nitrogen and oxygen atoms in total. The number of amides is 1. The van der Waals surface area contributed by atoms with Gasteiger partial charge in [-0.1, -0.05) is 12.1 Å². The van der Waals surface area contributed by atoms with Crippen molar-refractivity contribution >= 4 is 16.9 Å². The molecule has 1 saturated heterocycles. The number of hydrogen-bond acceptors (Lipinski definition) is 3. The number of halogens is 3. The van der Waals surface area contributed by atoms with Crippen LogP contribution in [0.2, 0.25) is 0 Å². The van der Waals surface area contributed by atoms with Crippen LogP contribution >= 0.6 is 0 Å². The Hall–Kier alpha value is -3.03. The van der Waals surface area contributed by atoms with Gasteiger partial charge < -0.3 is 14.6 Å². The summed E-state index contributed by atoms with van der Waals surface area (Å²) in [5.74, 6) is 1.03. The molecular weight excluding hydrogens is 407 g/mol. The second-order valence-corrected chi connectivity index (χ2v) is 7.76. The molecule has 164 valence electrons. The molecule has 3 aromatic rings. The fourth-order valence-corrected chi connectivity index (χ4v) is 4.00. The van der Waals surface area contributed by atoms with Crippen molar-refractivity contribution in [3.8, 4) is 5.75 Å². The first-order chi connectivity index (χ1) is 14.8. The lowest BCUT2D eigenvalue weighted by Crippen LogP contribution is -2.38. The third kappa shape index (κ3) is 4.84. The molecule has 1 aliphatic heterocycles. The maximum Gasteiger partial charge on any atom is 0.433 e. The van der Waals surface area contributed by atoms with Crippen LogP contribution in [0, 0.1) is 0 Å². The van der Waals surface area contributed by atoms with Crippen molar-refractivity contribution in [1.82, 2.24) is 14.9 Å². The molecule has 0 aliphatic carbocycles. The Labute approximate surface area is 178 Å². The first-order valence-corrected chi connectivity index (χ1v) is 10.4. The van der Waals surface area contributed by atoms with Crippen molar-refractivity contribution in [3.63, 3.8) is 0 Å². The van der Waals surface area contributed by atoms with E-state index in [0.717, 1.165) is 35.9 Å². The van der Waals surface area contributed by atoms with Gasteiger partial charge in [-0.25, -0.2) is 4.98 Å². The van der Waals surface area contributed by atoms with Crippen LogP contribution in [-0.2, 0) is 17.4 Å². The van der Waals surface area contributed by atoms with E-state index >= 15 is 0 Å². The third-order valence-corrected chi connectivity index (χ3v) is 5.66. The highest BCUT2D eigenvalue weighted by Crippen LogP contribution is 2.32. The van der Waals surface area contributed by atoms with Crippen molar-refractivity contribution in [2.75, 3.05) is 19.7 Å². The highest BCUT2D eigenvalue weighted by Gasteiger charge is 2.33. The molecule has 1 N–H and O–H groups in total. The van der Waals surface area contributed by atoms with E-state index in [4.69, 9.17) is 4.74 Å². The highest BCUT2D eigenvalue weighted by atomic mass is 19.4. The van der Waals surface area contributed by atoms with Gasteiger partial charge in [0, 0.05) is 24.7 Å². The van der Waals surface area contributed by atoms with E-state index in [1.807, 2.05) is 36.1 Å². The topological polar surface area (TPSA) is 58.2 Å². The summed E-state index contributed by atoms with van der Waals surface area (Å²) in [6, 6.07) is 11.7. The molecule has 4 rings (SSSR count). The first-order valence-electron chi connectivity index (χ1n) is 10.4. The van der Waals surface area contributed by atoms with Gasteiger partial charge in [-0.2, -0.15) is 13.2 Å². The van der Waals surface area contributed by atoms with Gasteiger partial charge >= 0.3 is 6.18 Å². The highest BCUT2D eigenvalue weighted by molar-refractivity contribution is 5.79. The van der Waals surface area contributed by atoms with E-state index in [2.05, 4.69) is 9.97 Å². The molecule has 3 heterocycles. The number of rotatable bonds is 5. The summed E-state index contributed by atoms with van der Waals surface area (Å²) in [4.78, 5) is 21.5. The Kier molecular flexibility index (Phi) is 5.89. The quantitative estimate of drug-likeness (QED) is 0.623. The minimum Gasteiger partial charge on any atom is -0.494 e.